The molecule has 0 bridgehead atoms. The predicted octanol–water partition coefficient (Wildman–Crippen LogP) is 3.43. The molecule has 166 valence electrons. The number of carbonyl (C=O) groups is 2. The van der Waals surface area contributed by atoms with Gasteiger partial charge in [-0.05, 0) is 56.4 Å². The van der Waals surface area contributed by atoms with E-state index in [0.717, 1.165) is 37.4 Å². The molecular weight excluding hydrogens is 397 g/mol. The SMILES string of the molecule is CCC(=O)c1ccc(OCC(=O)NC(C)c2cc(F)ccc2N2CCN(C)CC2)cc1. The van der Waals surface area contributed by atoms with Gasteiger partial charge in [0.15, 0.2) is 12.4 Å². The highest BCUT2D eigenvalue weighted by Gasteiger charge is 2.21. The molecular formula is C24H30FN3O3. The van der Waals surface area contributed by atoms with E-state index in [1.165, 1.54) is 12.1 Å². The van der Waals surface area contributed by atoms with E-state index in [1.54, 1.807) is 30.3 Å². The van der Waals surface area contributed by atoms with Gasteiger partial charge in [0.2, 0.25) is 0 Å². The maximum Gasteiger partial charge on any atom is 0.258 e. The molecule has 7 heteroatoms. The molecule has 0 saturated carbocycles. The van der Waals surface area contributed by atoms with Crippen molar-refractivity contribution < 1.29 is 18.7 Å². The van der Waals surface area contributed by atoms with Crippen LogP contribution in [0.3, 0.4) is 0 Å². The zero-order valence-corrected chi connectivity index (χ0v) is 18.4. The molecule has 1 saturated heterocycles. The van der Waals surface area contributed by atoms with Crippen LogP contribution in [-0.2, 0) is 4.79 Å². The summed E-state index contributed by atoms with van der Waals surface area (Å²) in [5.74, 6) is -0.0505. The number of amides is 1. The van der Waals surface area contributed by atoms with Crippen molar-refractivity contribution in [3.8, 4) is 5.75 Å². The number of rotatable bonds is 8. The number of carbonyl (C=O) groups excluding carboxylic acids is 2. The van der Waals surface area contributed by atoms with E-state index in [4.69, 9.17) is 4.74 Å². The van der Waals surface area contributed by atoms with Crippen molar-refractivity contribution in [1.82, 2.24) is 10.2 Å². The smallest absolute Gasteiger partial charge is 0.258 e. The molecule has 0 radical (unpaired) electrons. The summed E-state index contributed by atoms with van der Waals surface area (Å²) in [6, 6.07) is 11.1. The van der Waals surface area contributed by atoms with E-state index in [0.29, 0.717) is 17.7 Å². The van der Waals surface area contributed by atoms with E-state index in [-0.39, 0.29) is 30.2 Å². The van der Waals surface area contributed by atoms with Crippen LogP contribution in [0.25, 0.3) is 0 Å². The van der Waals surface area contributed by atoms with Crippen LogP contribution in [0, 0.1) is 5.82 Å². The fourth-order valence-electron chi connectivity index (χ4n) is 3.66. The van der Waals surface area contributed by atoms with Gasteiger partial charge in [-0.1, -0.05) is 6.92 Å². The van der Waals surface area contributed by atoms with Gasteiger partial charge in [-0.2, -0.15) is 0 Å². The van der Waals surface area contributed by atoms with Crippen molar-refractivity contribution in [3.05, 3.63) is 59.4 Å². The summed E-state index contributed by atoms with van der Waals surface area (Å²) in [5, 5.41) is 2.90. The molecule has 1 aliphatic heterocycles. The molecule has 1 N–H and O–H groups in total. The van der Waals surface area contributed by atoms with Gasteiger partial charge in [-0.25, -0.2) is 4.39 Å². The third-order valence-electron chi connectivity index (χ3n) is 5.54. The summed E-state index contributed by atoms with van der Waals surface area (Å²) < 4.78 is 19.5. The van der Waals surface area contributed by atoms with Crippen molar-refractivity contribution in [2.45, 2.75) is 26.3 Å². The van der Waals surface area contributed by atoms with Crippen molar-refractivity contribution in [3.63, 3.8) is 0 Å². The van der Waals surface area contributed by atoms with Gasteiger partial charge in [0.1, 0.15) is 11.6 Å². The second-order valence-electron chi connectivity index (χ2n) is 7.87. The normalized spacial score (nSPS) is 15.4. The Hall–Kier alpha value is -2.93. The first-order valence-corrected chi connectivity index (χ1v) is 10.7. The van der Waals surface area contributed by atoms with Crippen molar-refractivity contribution in [2.24, 2.45) is 0 Å². The number of likely N-dealkylation sites (N-methyl/N-ethyl adjacent to an activating group) is 1. The number of hydrogen-bond donors (Lipinski definition) is 1. The van der Waals surface area contributed by atoms with Gasteiger partial charge in [0.25, 0.3) is 5.91 Å². The lowest BCUT2D eigenvalue weighted by atomic mass is 10.0. The number of halogens is 1. The molecule has 3 rings (SSSR count). The van der Waals surface area contributed by atoms with Crippen LogP contribution >= 0.6 is 0 Å². The first-order valence-electron chi connectivity index (χ1n) is 10.7. The monoisotopic (exact) mass is 427 g/mol. The number of nitrogens with zero attached hydrogens (tertiary/aromatic N) is 2. The fraction of sp³-hybridized carbons (Fsp3) is 0.417. The Balaban J connectivity index is 1.60. The van der Waals surface area contributed by atoms with Gasteiger partial charge in [0.05, 0.1) is 6.04 Å². The van der Waals surface area contributed by atoms with Gasteiger partial charge in [0, 0.05) is 49.4 Å². The van der Waals surface area contributed by atoms with Crippen molar-refractivity contribution >= 4 is 17.4 Å². The second kappa shape index (κ2) is 10.4. The summed E-state index contributed by atoms with van der Waals surface area (Å²) in [5.41, 5.74) is 2.31. The van der Waals surface area contributed by atoms with Crippen LogP contribution in [0.15, 0.2) is 42.5 Å². The number of Topliss-reactive ketones (excluding diaryl/α,β-unsaturated/α-hetero) is 1. The minimum absolute atomic E-state index is 0.0596. The van der Waals surface area contributed by atoms with Gasteiger partial charge >= 0.3 is 0 Å². The quantitative estimate of drug-likeness (QED) is 0.654. The first-order chi connectivity index (χ1) is 14.9. The Morgan fingerprint density at radius 2 is 1.77 bits per heavy atom. The lowest BCUT2D eigenvalue weighted by Gasteiger charge is -2.36. The van der Waals surface area contributed by atoms with Crippen LogP contribution in [-0.4, -0.2) is 56.4 Å². The molecule has 2 aromatic carbocycles. The zero-order valence-electron chi connectivity index (χ0n) is 18.4. The predicted molar refractivity (Wildman–Crippen MR) is 119 cm³/mol. The molecule has 0 aromatic heterocycles. The minimum atomic E-state index is -0.369. The average Bonchev–Trinajstić information content (AvgIpc) is 2.78. The summed E-state index contributed by atoms with van der Waals surface area (Å²) in [6.07, 6.45) is 0.441. The van der Waals surface area contributed by atoms with Crippen LogP contribution < -0.4 is 15.0 Å². The summed E-state index contributed by atoms with van der Waals surface area (Å²) in [7, 11) is 2.08. The molecule has 1 heterocycles. The number of ketones is 1. The highest BCUT2D eigenvalue weighted by Crippen LogP contribution is 2.28. The standard InChI is InChI=1S/C24H30FN3O3/c1-4-23(29)18-5-8-20(9-6-18)31-16-24(30)26-17(2)21-15-19(25)7-10-22(21)28-13-11-27(3)12-14-28/h5-10,15,17H,4,11-14,16H2,1-3H3,(H,26,30). The molecule has 1 fully saturated rings. The van der Waals surface area contributed by atoms with Crippen LogP contribution in [0.4, 0.5) is 10.1 Å². The largest absolute Gasteiger partial charge is 0.484 e. The Bertz CT molecular complexity index is 909. The Morgan fingerprint density at radius 3 is 2.42 bits per heavy atom. The van der Waals surface area contributed by atoms with E-state index < -0.39 is 0 Å². The molecule has 0 aliphatic carbocycles. The second-order valence-corrected chi connectivity index (χ2v) is 7.87. The molecule has 6 nitrogen and oxygen atoms in total. The number of ether oxygens (including phenoxy) is 1. The highest BCUT2D eigenvalue weighted by molar-refractivity contribution is 5.95. The molecule has 0 spiro atoms. The van der Waals surface area contributed by atoms with Gasteiger partial charge in [-0.3, -0.25) is 9.59 Å². The molecule has 1 aliphatic rings. The summed E-state index contributed by atoms with van der Waals surface area (Å²) in [6.45, 7) is 7.08. The van der Waals surface area contributed by atoms with Crippen LogP contribution in [0.5, 0.6) is 5.75 Å². The van der Waals surface area contributed by atoms with E-state index >= 15 is 0 Å². The van der Waals surface area contributed by atoms with Crippen molar-refractivity contribution in [2.75, 3.05) is 44.7 Å². The molecule has 2 aromatic rings. The highest BCUT2D eigenvalue weighted by atomic mass is 19.1. The topological polar surface area (TPSA) is 61.9 Å². The first kappa shape index (κ1) is 22.7. The van der Waals surface area contributed by atoms with Gasteiger partial charge in [-0.15, -0.1) is 0 Å². The van der Waals surface area contributed by atoms with E-state index in [2.05, 4.69) is 22.2 Å². The lowest BCUT2D eigenvalue weighted by molar-refractivity contribution is -0.123. The van der Waals surface area contributed by atoms with Crippen LogP contribution in [0.2, 0.25) is 0 Å². The maximum atomic E-state index is 14.0. The Labute approximate surface area is 183 Å². The Kier molecular flexibility index (Phi) is 7.63. The molecule has 1 amide bonds. The van der Waals surface area contributed by atoms with E-state index in [1.807, 2.05) is 13.8 Å². The number of hydrogen-bond acceptors (Lipinski definition) is 5. The zero-order chi connectivity index (χ0) is 22.4. The Morgan fingerprint density at radius 1 is 1.10 bits per heavy atom. The number of benzene rings is 2. The lowest BCUT2D eigenvalue weighted by Crippen LogP contribution is -2.45. The number of nitrogens with one attached hydrogen (secondary N) is 1. The average molecular weight is 428 g/mol. The van der Waals surface area contributed by atoms with Crippen LogP contribution in [0.1, 0.15) is 42.2 Å². The number of anilines is 1. The molecule has 1 unspecified atom stereocenters. The molecule has 31 heavy (non-hydrogen) atoms. The fourth-order valence-corrected chi connectivity index (χ4v) is 3.66. The molecule has 1 atom stereocenters. The van der Waals surface area contributed by atoms with E-state index in [9.17, 15) is 14.0 Å². The summed E-state index contributed by atoms with van der Waals surface area (Å²) >= 11 is 0. The van der Waals surface area contributed by atoms with Crippen molar-refractivity contribution in [1.29, 1.82) is 0 Å². The minimum Gasteiger partial charge on any atom is -0.484 e. The number of piperazine rings is 1. The van der Waals surface area contributed by atoms with Gasteiger partial charge < -0.3 is 19.9 Å². The third-order valence-corrected chi connectivity index (χ3v) is 5.54. The third kappa shape index (κ3) is 6.04. The maximum absolute atomic E-state index is 14.0. The summed E-state index contributed by atoms with van der Waals surface area (Å²) in [4.78, 5) is 28.6.